The summed E-state index contributed by atoms with van der Waals surface area (Å²) >= 11 is 0. The van der Waals surface area contributed by atoms with Crippen molar-refractivity contribution < 1.29 is 38.1 Å². The van der Waals surface area contributed by atoms with Crippen LogP contribution >= 0.6 is 0 Å². The summed E-state index contributed by atoms with van der Waals surface area (Å²) in [5, 5.41) is 8.77. The normalized spacial score (nSPS) is 20.1. The van der Waals surface area contributed by atoms with E-state index in [0.717, 1.165) is 16.8 Å². The molecule has 6 rings (SSSR count). The predicted molar refractivity (Wildman–Crippen MR) is 109 cm³/mol. The molecule has 2 aromatic carbocycles. The molecule has 0 fully saturated rings. The van der Waals surface area contributed by atoms with E-state index in [1.165, 1.54) is 6.07 Å². The molecule has 1 N–H and O–H groups in total. The molecule has 1 atom stereocenters. The highest BCUT2D eigenvalue weighted by atomic mass is 16.7. The third kappa shape index (κ3) is 2.57. The summed E-state index contributed by atoms with van der Waals surface area (Å²) in [5.74, 6) is 1.86. The first-order chi connectivity index (χ1) is 15.6. The van der Waals surface area contributed by atoms with E-state index in [-0.39, 0.29) is 25.0 Å². The zero-order valence-electron chi connectivity index (χ0n) is 16.7. The van der Waals surface area contributed by atoms with E-state index in [4.69, 9.17) is 23.7 Å². The number of carboxylic acid groups (broad SMARTS) is 1. The second-order valence-electron chi connectivity index (χ2n) is 7.68. The maximum Gasteiger partial charge on any atom is 0.513 e. The SMILES string of the molecule is O=C(O)Oc1ccc(CN2C(=O)C3(COc4cc5c(cc43)OCCO5)c3ccccc32)o1. The summed E-state index contributed by atoms with van der Waals surface area (Å²) < 4.78 is 27.4. The quantitative estimate of drug-likeness (QED) is 0.625. The van der Waals surface area contributed by atoms with E-state index >= 15 is 0 Å². The first kappa shape index (κ1) is 18.6. The molecule has 0 aliphatic carbocycles. The van der Waals surface area contributed by atoms with Crippen LogP contribution in [-0.4, -0.2) is 37.0 Å². The fourth-order valence-electron chi connectivity index (χ4n) is 4.61. The fourth-order valence-corrected chi connectivity index (χ4v) is 4.61. The molecule has 9 nitrogen and oxygen atoms in total. The summed E-state index contributed by atoms with van der Waals surface area (Å²) in [4.78, 5) is 26.3. The highest BCUT2D eigenvalue weighted by Gasteiger charge is 2.57. The van der Waals surface area contributed by atoms with Crippen LogP contribution in [0.25, 0.3) is 0 Å². The van der Waals surface area contributed by atoms with Gasteiger partial charge in [0.05, 0.1) is 6.54 Å². The van der Waals surface area contributed by atoms with Crippen LogP contribution in [-0.2, 0) is 16.8 Å². The Bertz CT molecular complexity index is 1260. The van der Waals surface area contributed by atoms with E-state index in [1.807, 2.05) is 30.3 Å². The van der Waals surface area contributed by atoms with Crippen LogP contribution < -0.4 is 23.8 Å². The zero-order valence-corrected chi connectivity index (χ0v) is 16.7. The highest BCUT2D eigenvalue weighted by Crippen LogP contribution is 2.55. The number of ether oxygens (including phenoxy) is 4. The van der Waals surface area contributed by atoms with E-state index in [0.29, 0.717) is 36.2 Å². The minimum Gasteiger partial charge on any atom is -0.491 e. The lowest BCUT2D eigenvalue weighted by Gasteiger charge is -2.24. The topological polar surface area (TPSA) is 108 Å². The van der Waals surface area contributed by atoms with E-state index in [2.05, 4.69) is 4.74 Å². The molecule has 162 valence electrons. The molecule has 0 radical (unpaired) electrons. The number of rotatable bonds is 3. The number of fused-ring (bicyclic) bond motifs is 5. The lowest BCUT2D eigenvalue weighted by atomic mass is 9.77. The monoisotopic (exact) mass is 435 g/mol. The van der Waals surface area contributed by atoms with Gasteiger partial charge in [0.25, 0.3) is 5.95 Å². The molecule has 9 heteroatoms. The smallest absolute Gasteiger partial charge is 0.491 e. The van der Waals surface area contributed by atoms with Crippen molar-refractivity contribution in [3.63, 3.8) is 0 Å². The minimum atomic E-state index is -1.47. The summed E-state index contributed by atoms with van der Waals surface area (Å²) in [6.07, 6.45) is -1.47. The molecule has 3 aliphatic rings. The molecule has 4 heterocycles. The van der Waals surface area contributed by atoms with Crippen LogP contribution in [0.1, 0.15) is 16.9 Å². The number of nitrogens with zero attached hydrogens (tertiary/aromatic N) is 1. The van der Waals surface area contributed by atoms with Crippen molar-refractivity contribution >= 4 is 17.7 Å². The van der Waals surface area contributed by atoms with Gasteiger partial charge in [0.1, 0.15) is 36.7 Å². The molecule has 1 amide bonds. The Morgan fingerprint density at radius 2 is 1.78 bits per heavy atom. The molecular formula is C23H17NO8. The number of furan rings is 1. The first-order valence-corrected chi connectivity index (χ1v) is 10.0. The Labute approximate surface area is 181 Å². The predicted octanol–water partition coefficient (Wildman–Crippen LogP) is 3.33. The summed E-state index contributed by atoms with van der Waals surface area (Å²) in [6.45, 7) is 1.17. The standard InChI is InChI=1S/C23H17NO8/c25-21-23(12-30-17-10-19-18(9-15(17)23)28-7-8-29-19)14-3-1-2-4-16(14)24(21)11-13-5-6-20(31-13)32-22(26)27/h1-6,9-10H,7-8,11-12H2,(H,26,27). The molecule has 32 heavy (non-hydrogen) atoms. The maximum absolute atomic E-state index is 13.9. The van der Waals surface area contributed by atoms with Gasteiger partial charge in [-0.05, 0) is 23.8 Å². The van der Waals surface area contributed by atoms with Gasteiger partial charge in [-0.25, -0.2) is 4.79 Å². The van der Waals surface area contributed by atoms with Gasteiger partial charge in [-0.3, -0.25) is 4.79 Å². The van der Waals surface area contributed by atoms with Crippen LogP contribution in [0.2, 0.25) is 0 Å². The second kappa shape index (κ2) is 6.68. The average molecular weight is 435 g/mol. The number of benzene rings is 2. The van der Waals surface area contributed by atoms with Crippen LogP contribution in [0.3, 0.4) is 0 Å². The minimum absolute atomic E-state index is 0.112. The molecule has 1 unspecified atom stereocenters. The van der Waals surface area contributed by atoms with Gasteiger partial charge in [-0.2, -0.15) is 0 Å². The number of carbonyl (C=O) groups excluding carboxylic acids is 1. The zero-order chi connectivity index (χ0) is 21.9. The number of carbonyl (C=O) groups is 2. The van der Waals surface area contributed by atoms with Crippen molar-refractivity contribution in [2.75, 3.05) is 24.7 Å². The number of amides is 1. The van der Waals surface area contributed by atoms with Crippen molar-refractivity contribution in [3.05, 3.63) is 65.4 Å². The van der Waals surface area contributed by atoms with Crippen molar-refractivity contribution in [3.8, 4) is 23.2 Å². The van der Waals surface area contributed by atoms with Crippen LogP contribution in [0, 0.1) is 0 Å². The summed E-state index contributed by atoms with van der Waals surface area (Å²) in [5.41, 5.74) is 1.28. The molecule has 0 bridgehead atoms. The Balaban J connectivity index is 1.42. The number of anilines is 1. The average Bonchev–Trinajstić information content (AvgIpc) is 3.45. The maximum atomic E-state index is 13.9. The Morgan fingerprint density at radius 1 is 1.00 bits per heavy atom. The Hall–Kier alpha value is -4.14. The number of hydrogen-bond acceptors (Lipinski definition) is 7. The van der Waals surface area contributed by atoms with Gasteiger partial charge in [0.2, 0.25) is 5.91 Å². The van der Waals surface area contributed by atoms with Gasteiger partial charge < -0.3 is 33.4 Å². The number of para-hydroxylation sites is 1. The Morgan fingerprint density at radius 3 is 2.59 bits per heavy atom. The van der Waals surface area contributed by atoms with E-state index in [9.17, 15) is 9.59 Å². The van der Waals surface area contributed by atoms with Gasteiger partial charge in [-0.1, -0.05) is 18.2 Å². The lowest BCUT2D eigenvalue weighted by Crippen LogP contribution is -2.42. The van der Waals surface area contributed by atoms with Gasteiger partial charge in [0, 0.05) is 23.4 Å². The van der Waals surface area contributed by atoms with Crippen LogP contribution in [0.15, 0.2) is 52.9 Å². The van der Waals surface area contributed by atoms with Crippen molar-refractivity contribution in [2.45, 2.75) is 12.0 Å². The molecule has 0 saturated carbocycles. The van der Waals surface area contributed by atoms with Crippen molar-refractivity contribution in [1.82, 2.24) is 0 Å². The molecule has 1 aromatic heterocycles. The van der Waals surface area contributed by atoms with Gasteiger partial charge in [0.15, 0.2) is 11.5 Å². The Kier molecular flexibility index (Phi) is 3.89. The first-order valence-electron chi connectivity index (χ1n) is 10.0. The van der Waals surface area contributed by atoms with Crippen molar-refractivity contribution in [2.24, 2.45) is 0 Å². The third-order valence-corrected chi connectivity index (χ3v) is 5.95. The molecule has 1 spiro atoms. The fraction of sp³-hybridized carbons (Fsp3) is 0.217. The molecule has 3 aliphatic heterocycles. The molecule has 3 aromatic rings. The molecule has 0 saturated heterocycles. The lowest BCUT2D eigenvalue weighted by molar-refractivity contribution is -0.122. The summed E-state index contributed by atoms with van der Waals surface area (Å²) in [6, 6.07) is 14.1. The highest BCUT2D eigenvalue weighted by molar-refractivity contribution is 6.11. The van der Waals surface area contributed by atoms with E-state index < -0.39 is 11.6 Å². The third-order valence-electron chi connectivity index (χ3n) is 5.95. The van der Waals surface area contributed by atoms with Crippen LogP contribution in [0.5, 0.6) is 23.2 Å². The van der Waals surface area contributed by atoms with Crippen molar-refractivity contribution in [1.29, 1.82) is 0 Å². The number of hydrogen-bond donors (Lipinski definition) is 1. The van der Waals surface area contributed by atoms with E-state index in [1.54, 1.807) is 17.0 Å². The van der Waals surface area contributed by atoms with Gasteiger partial charge in [-0.15, -0.1) is 0 Å². The molecular weight excluding hydrogens is 418 g/mol. The largest absolute Gasteiger partial charge is 0.513 e. The summed E-state index contributed by atoms with van der Waals surface area (Å²) in [7, 11) is 0. The van der Waals surface area contributed by atoms with Gasteiger partial charge >= 0.3 is 6.16 Å². The van der Waals surface area contributed by atoms with Crippen LogP contribution in [0.4, 0.5) is 10.5 Å². The second-order valence-corrected chi connectivity index (χ2v) is 7.68.